The van der Waals surface area contributed by atoms with Gasteiger partial charge in [-0.2, -0.15) is 0 Å². The van der Waals surface area contributed by atoms with Crippen LogP contribution in [0.3, 0.4) is 0 Å². The maximum absolute atomic E-state index is 5.01. The minimum atomic E-state index is 0.581. The first-order chi connectivity index (χ1) is 7.83. The molecule has 1 atom stereocenters. The van der Waals surface area contributed by atoms with Gasteiger partial charge in [0.1, 0.15) is 0 Å². The van der Waals surface area contributed by atoms with Gasteiger partial charge < -0.3 is 10.1 Å². The van der Waals surface area contributed by atoms with E-state index < -0.39 is 0 Å². The summed E-state index contributed by atoms with van der Waals surface area (Å²) >= 11 is 0. The van der Waals surface area contributed by atoms with Gasteiger partial charge in [-0.15, -0.1) is 0 Å². The number of rotatable bonds is 8. The molecule has 2 nitrogen and oxygen atoms in total. The van der Waals surface area contributed by atoms with Crippen molar-refractivity contribution in [1.82, 2.24) is 5.32 Å². The van der Waals surface area contributed by atoms with Gasteiger partial charge in [-0.1, -0.05) is 30.3 Å². The molecule has 1 N–H and O–H groups in total. The highest BCUT2D eigenvalue weighted by atomic mass is 16.5. The highest BCUT2D eigenvalue weighted by Gasteiger charge is 2.01. The maximum Gasteiger partial charge on any atom is 0.0474 e. The Kier molecular flexibility index (Phi) is 6.86. The number of methoxy groups -OCH3 is 1. The summed E-state index contributed by atoms with van der Waals surface area (Å²) in [5.74, 6) is 0. The van der Waals surface area contributed by atoms with E-state index in [1.807, 2.05) is 0 Å². The van der Waals surface area contributed by atoms with Gasteiger partial charge in [0.15, 0.2) is 0 Å². The zero-order chi connectivity index (χ0) is 11.6. The molecule has 0 heterocycles. The Morgan fingerprint density at radius 1 is 1.25 bits per heavy atom. The van der Waals surface area contributed by atoms with Gasteiger partial charge >= 0.3 is 0 Å². The van der Waals surface area contributed by atoms with Crippen molar-refractivity contribution in [2.45, 2.75) is 32.2 Å². The van der Waals surface area contributed by atoms with Gasteiger partial charge in [0, 0.05) is 19.8 Å². The summed E-state index contributed by atoms with van der Waals surface area (Å²) in [7, 11) is 1.75. The molecule has 1 aromatic carbocycles. The molecule has 0 saturated carbocycles. The predicted molar refractivity (Wildman–Crippen MR) is 68.7 cm³/mol. The Hall–Kier alpha value is -0.860. The average Bonchev–Trinajstić information content (AvgIpc) is 2.33. The molecule has 0 aromatic heterocycles. The minimum absolute atomic E-state index is 0.581. The normalized spacial score (nSPS) is 12.6. The Balaban J connectivity index is 2.08. The van der Waals surface area contributed by atoms with Gasteiger partial charge in [0.05, 0.1) is 0 Å². The lowest BCUT2D eigenvalue weighted by Gasteiger charge is -2.13. The van der Waals surface area contributed by atoms with Crippen LogP contribution in [0.25, 0.3) is 0 Å². The predicted octanol–water partition coefficient (Wildman–Crippen LogP) is 2.63. The molecule has 0 unspecified atom stereocenters. The Morgan fingerprint density at radius 2 is 2.00 bits per heavy atom. The molecule has 0 spiro atoms. The first kappa shape index (κ1) is 13.2. The highest BCUT2D eigenvalue weighted by molar-refractivity contribution is 5.14. The van der Waals surface area contributed by atoms with Crippen LogP contribution in [0.5, 0.6) is 0 Å². The topological polar surface area (TPSA) is 21.3 Å². The van der Waals surface area contributed by atoms with Crippen LogP contribution in [0.15, 0.2) is 30.3 Å². The van der Waals surface area contributed by atoms with Crippen LogP contribution in [0.1, 0.15) is 25.3 Å². The molecule has 0 bridgehead atoms. The molecule has 16 heavy (non-hydrogen) atoms. The quantitative estimate of drug-likeness (QED) is 0.681. The van der Waals surface area contributed by atoms with Crippen LogP contribution in [0.4, 0.5) is 0 Å². The number of ether oxygens (including phenoxy) is 1. The Morgan fingerprint density at radius 3 is 2.69 bits per heavy atom. The summed E-state index contributed by atoms with van der Waals surface area (Å²) in [6, 6.07) is 11.2. The molecule has 0 aliphatic rings. The van der Waals surface area contributed by atoms with Crippen molar-refractivity contribution in [2.75, 3.05) is 20.3 Å². The smallest absolute Gasteiger partial charge is 0.0474 e. The summed E-state index contributed by atoms with van der Waals surface area (Å²) in [5, 5.41) is 3.51. The Labute approximate surface area is 99.0 Å². The molecule has 0 aliphatic carbocycles. The van der Waals surface area contributed by atoms with Crippen molar-refractivity contribution in [1.29, 1.82) is 0 Å². The maximum atomic E-state index is 5.01. The van der Waals surface area contributed by atoms with E-state index in [2.05, 4.69) is 42.6 Å². The van der Waals surface area contributed by atoms with Crippen LogP contribution in [0, 0.1) is 0 Å². The minimum Gasteiger partial charge on any atom is -0.385 e. The van der Waals surface area contributed by atoms with E-state index >= 15 is 0 Å². The monoisotopic (exact) mass is 221 g/mol. The Bertz CT molecular complexity index is 261. The standard InChI is InChI=1S/C14H23NO/c1-13(15-11-6-12-16-2)9-10-14-7-4-3-5-8-14/h3-5,7-8,13,15H,6,9-12H2,1-2H3/t13-/m0/s1. The number of hydrogen-bond acceptors (Lipinski definition) is 2. The summed E-state index contributed by atoms with van der Waals surface area (Å²) in [5.41, 5.74) is 1.42. The zero-order valence-electron chi connectivity index (χ0n) is 10.4. The van der Waals surface area contributed by atoms with Gasteiger partial charge in [-0.25, -0.2) is 0 Å². The van der Waals surface area contributed by atoms with E-state index in [-0.39, 0.29) is 0 Å². The second-order valence-corrected chi connectivity index (χ2v) is 4.23. The SMILES string of the molecule is COCCCN[C@@H](C)CCc1ccccc1. The van der Waals surface area contributed by atoms with Gasteiger partial charge in [-0.05, 0) is 38.3 Å². The molecular weight excluding hydrogens is 198 g/mol. The van der Waals surface area contributed by atoms with Crippen molar-refractivity contribution in [3.05, 3.63) is 35.9 Å². The van der Waals surface area contributed by atoms with E-state index in [0.29, 0.717) is 6.04 Å². The third kappa shape index (κ3) is 5.89. The molecule has 2 heteroatoms. The van der Waals surface area contributed by atoms with Crippen LogP contribution in [-0.4, -0.2) is 26.3 Å². The van der Waals surface area contributed by atoms with Gasteiger partial charge in [0.25, 0.3) is 0 Å². The van der Waals surface area contributed by atoms with Crippen LogP contribution < -0.4 is 5.32 Å². The molecule has 0 fully saturated rings. The van der Waals surface area contributed by atoms with Crippen molar-refractivity contribution in [3.8, 4) is 0 Å². The second kappa shape index (κ2) is 8.31. The first-order valence-corrected chi connectivity index (χ1v) is 6.09. The first-order valence-electron chi connectivity index (χ1n) is 6.09. The molecule has 0 amide bonds. The third-order valence-electron chi connectivity index (χ3n) is 2.73. The average molecular weight is 221 g/mol. The summed E-state index contributed by atoms with van der Waals surface area (Å²) < 4.78 is 5.01. The second-order valence-electron chi connectivity index (χ2n) is 4.23. The summed E-state index contributed by atoms with van der Waals surface area (Å²) in [6.45, 7) is 4.14. The highest BCUT2D eigenvalue weighted by Crippen LogP contribution is 2.04. The number of nitrogens with one attached hydrogen (secondary N) is 1. The lowest BCUT2D eigenvalue weighted by molar-refractivity contribution is 0.193. The van der Waals surface area contributed by atoms with E-state index in [9.17, 15) is 0 Å². The fourth-order valence-corrected chi connectivity index (χ4v) is 1.69. The van der Waals surface area contributed by atoms with Crippen LogP contribution in [0.2, 0.25) is 0 Å². The molecule has 0 radical (unpaired) electrons. The van der Waals surface area contributed by atoms with Crippen LogP contribution >= 0.6 is 0 Å². The van der Waals surface area contributed by atoms with Gasteiger partial charge in [0.2, 0.25) is 0 Å². The molecule has 0 aliphatic heterocycles. The molecule has 90 valence electrons. The summed E-state index contributed by atoms with van der Waals surface area (Å²) in [4.78, 5) is 0. The number of benzene rings is 1. The van der Waals surface area contributed by atoms with Crippen molar-refractivity contribution in [2.24, 2.45) is 0 Å². The van der Waals surface area contributed by atoms with E-state index in [1.54, 1.807) is 7.11 Å². The van der Waals surface area contributed by atoms with E-state index in [0.717, 1.165) is 26.0 Å². The van der Waals surface area contributed by atoms with E-state index in [4.69, 9.17) is 4.74 Å². The van der Waals surface area contributed by atoms with Crippen molar-refractivity contribution >= 4 is 0 Å². The molecule has 1 aromatic rings. The fraction of sp³-hybridized carbons (Fsp3) is 0.571. The number of hydrogen-bond donors (Lipinski definition) is 1. The lowest BCUT2D eigenvalue weighted by Crippen LogP contribution is -2.28. The number of aryl methyl sites for hydroxylation is 1. The van der Waals surface area contributed by atoms with Crippen molar-refractivity contribution < 1.29 is 4.74 Å². The molecule has 0 saturated heterocycles. The summed E-state index contributed by atoms with van der Waals surface area (Å²) in [6.07, 6.45) is 3.43. The molecular formula is C14H23NO. The lowest BCUT2D eigenvalue weighted by atomic mass is 10.1. The largest absolute Gasteiger partial charge is 0.385 e. The molecule has 1 rings (SSSR count). The zero-order valence-corrected chi connectivity index (χ0v) is 10.4. The van der Waals surface area contributed by atoms with Gasteiger partial charge in [-0.3, -0.25) is 0 Å². The third-order valence-corrected chi connectivity index (χ3v) is 2.73. The van der Waals surface area contributed by atoms with Crippen LogP contribution in [-0.2, 0) is 11.2 Å². The fourth-order valence-electron chi connectivity index (χ4n) is 1.69. The van der Waals surface area contributed by atoms with Crippen molar-refractivity contribution in [3.63, 3.8) is 0 Å². The van der Waals surface area contributed by atoms with E-state index in [1.165, 1.54) is 12.0 Å².